The Hall–Kier alpha value is -2.49. The number of ether oxygens (including phenoxy) is 1. The van der Waals surface area contributed by atoms with Crippen molar-refractivity contribution in [3.63, 3.8) is 0 Å². The third kappa shape index (κ3) is 4.03. The van der Waals surface area contributed by atoms with Crippen LogP contribution in [0.1, 0.15) is 5.56 Å². The number of anilines is 1. The van der Waals surface area contributed by atoms with E-state index in [0.717, 1.165) is 17.0 Å². The molecular formula is C15H17N3O. The molecule has 0 unspecified atom stereocenters. The van der Waals surface area contributed by atoms with Gasteiger partial charge < -0.3 is 15.8 Å². The summed E-state index contributed by atoms with van der Waals surface area (Å²) in [6.07, 6.45) is 0. The first kappa shape index (κ1) is 13.0. The molecule has 0 saturated heterocycles. The molecule has 0 atom stereocenters. The van der Waals surface area contributed by atoms with Gasteiger partial charge in [-0.25, -0.2) is 0 Å². The fourth-order valence-corrected chi connectivity index (χ4v) is 1.58. The van der Waals surface area contributed by atoms with Crippen LogP contribution in [0.4, 0.5) is 5.69 Å². The van der Waals surface area contributed by atoms with Gasteiger partial charge in [0, 0.05) is 12.7 Å². The molecule has 0 radical (unpaired) electrons. The largest absolute Gasteiger partial charge is 0.489 e. The van der Waals surface area contributed by atoms with Gasteiger partial charge in [0.05, 0.1) is 0 Å². The molecule has 98 valence electrons. The topological polar surface area (TPSA) is 59.6 Å². The highest BCUT2D eigenvalue weighted by Crippen LogP contribution is 2.16. The second-order valence-corrected chi connectivity index (χ2v) is 4.03. The Morgan fingerprint density at radius 1 is 1.11 bits per heavy atom. The summed E-state index contributed by atoms with van der Waals surface area (Å²) >= 11 is 0. The fourth-order valence-electron chi connectivity index (χ4n) is 1.58. The van der Waals surface area contributed by atoms with E-state index < -0.39 is 0 Å². The lowest BCUT2D eigenvalue weighted by Gasteiger charge is -2.08. The average Bonchev–Trinajstić information content (AvgIpc) is 2.47. The second-order valence-electron chi connectivity index (χ2n) is 4.03. The molecule has 2 aromatic rings. The number of hydrogen-bond donors (Lipinski definition) is 2. The molecule has 4 nitrogen and oxygen atoms in total. The molecule has 2 aromatic carbocycles. The summed E-state index contributed by atoms with van der Waals surface area (Å²) in [4.78, 5) is 3.83. The van der Waals surface area contributed by atoms with Crippen LogP contribution in [0, 0.1) is 0 Å². The van der Waals surface area contributed by atoms with Gasteiger partial charge in [0.1, 0.15) is 12.4 Å². The minimum atomic E-state index is 0.387. The number of hydrogen-bond acceptors (Lipinski definition) is 2. The summed E-state index contributed by atoms with van der Waals surface area (Å²) in [7, 11) is 1.64. The molecule has 0 spiro atoms. The number of rotatable bonds is 4. The van der Waals surface area contributed by atoms with Crippen molar-refractivity contribution in [2.75, 3.05) is 12.4 Å². The van der Waals surface area contributed by atoms with Gasteiger partial charge in [-0.05, 0) is 29.8 Å². The first-order chi connectivity index (χ1) is 9.28. The van der Waals surface area contributed by atoms with E-state index >= 15 is 0 Å². The van der Waals surface area contributed by atoms with Gasteiger partial charge in [-0.3, -0.25) is 4.99 Å². The molecule has 19 heavy (non-hydrogen) atoms. The first-order valence-electron chi connectivity index (χ1n) is 6.04. The maximum absolute atomic E-state index is 5.69. The SMILES string of the molecule is CN=C(N)Nc1ccc(OCc2ccccc2)cc1. The predicted molar refractivity (Wildman–Crippen MR) is 78.4 cm³/mol. The predicted octanol–water partition coefficient (Wildman–Crippen LogP) is 2.62. The third-order valence-corrected chi connectivity index (χ3v) is 2.62. The summed E-state index contributed by atoms with van der Waals surface area (Å²) < 4.78 is 5.69. The monoisotopic (exact) mass is 255 g/mol. The van der Waals surface area contributed by atoms with Gasteiger partial charge in [0.25, 0.3) is 0 Å². The van der Waals surface area contributed by atoms with E-state index in [1.54, 1.807) is 7.05 Å². The van der Waals surface area contributed by atoms with Crippen molar-refractivity contribution in [3.05, 3.63) is 60.2 Å². The van der Waals surface area contributed by atoms with Crippen LogP contribution in [-0.2, 0) is 6.61 Å². The van der Waals surface area contributed by atoms with Crippen molar-refractivity contribution in [2.24, 2.45) is 10.7 Å². The molecule has 0 aliphatic carbocycles. The van der Waals surface area contributed by atoms with Gasteiger partial charge in [-0.1, -0.05) is 30.3 Å². The molecule has 2 rings (SSSR count). The molecule has 0 fully saturated rings. The number of nitrogens with one attached hydrogen (secondary N) is 1. The Kier molecular flexibility index (Phi) is 4.39. The minimum Gasteiger partial charge on any atom is -0.489 e. The van der Waals surface area contributed by atoms with E-state index in [1.165, 1.54) is 0 Å². The molecule has 0 bridgehead atoms. The molecule has 0 heterocycles. The number of nitrogens with zero attached hydrogens (tertiary/aromatic N) is 1. The maximum atomic E-state index is 5.69. The first-order valence-corrected chi connectivity index (χ1v) is 6.04. The van der Waals surface area contributed by atoms with Crippen LogP contribution in [-0.4, -0.2) is 13.0 Å². The standard InChI is InChI=1S/C15H17N3O/c1-17-15(16)18-13-7-9-14(10-8-13)19-11-12-5-3-2-4-6-12/h2-10H,11H2,1H3,(H3,16,17,18). The van der Waals surface area contributed by atoms with Gasteiger partial charge in [-0.15, -0.1) is 0 Å². The van der Waals surface area contributed by atoms with Gasteiger partial charge in [-0.2, -0.15) is 0 Å². The van der Waals surface area contributed by atoms with E-state index in [-0.39, 0.29) is 0 Å². The Morgan fingerprint density at radius 3 is 2.42 bits per heavy atom. The summed E-state index contributed by atoms with van der Waals surface area (Å²) in [5.41, 5.74) is 7.62. The second kappa shape index (κ2) is 6.44. The zero-order chi connectivity index (χ0) is 13.5. The molecule has 0 aromatic heterocycles. The zero-order valence-electron chi connectivity index (χ0n) is 10.8. The Bertz CT molecular complexity index is 535. The molecule has 0 aliphatic rings. The van der Waals surface area contributed by atoms with Crippen LogP contribution in [0.2, 0.25) is 0 Å². The van der Waals surface area contributed by atoms with Crippen molar-refractivity contribution in [1.82, 2.24) is 0 Å². The number of aliphatic imine (C=N–C) groups is 1. The van der Waals surface area contributed by atoms with Crippen LogP contribution >= 0.6 is 0 Å². The van der Waals surface area contributed by atoms with Crippen molar-refractivity contribution >= 4 is 11.6 Å². The van der Waals surface area contributed by atoms with Crippen LogP contribution in [0.25, 0.3) is 0 Å². The minimum absolute atomic E-state index is 0.387. The van der Waals surface area contributed by atoms with Crippen molar-refractivity contribution in [1.29, 1.82) is 0 Å². The summed E-state index contributed by atoms with van der Waals surface area (Å²) in [6, 6.07) is 17.7. The van der Waals surface area contributed by atoms with Crippen LogP contribution in [0.3, 0.4) is 0 Å². The molecule has 0 saturated carbocycles. The molecule has 0 aliphatic heterocycles. The normalized spacial score (nSPS) is 11.1. The number of guanidine groups is 1. The Labute approximate surface area is 112 Å². The van der Waals surface area contributed by atoms with E-state index in [1.807, 2.05) is 54.6 Å². The quantitative estimate of drug-likeness (QED) is 0.652. The van der Waals surface area contributed by atoms with Crippen molar-refractivity contribution in [2.45, 2.75) is 6.61 Å². The van der Waals surface area contributed by atoms with E-state index in [0.29, 0.717) is 12.6 Å². The highest BCUT2D eigenvalue weighted by molar-refractivity contribution is 5.92. The Balaban J connectivity index is 1.92. The van der Waals surface area contributed by atoms with Crippen LogP contribution < -0.4 is 15.8 Å². The molecule has 4 heteroatoms. The van der Waals surface area contributed by atoms with E-state index in [4.69, 9.17) is 10.5 Å². The highest BCUT2D eigenvalue weighted by atomic mass is 16.5. The zero-order valence-corrected chi connectivity index (χ0v) is 10.8. The van der Waals surface area contributed by atoms with E-state index in [2.05, 4.69) is 10.3 Å². The summed E-state index contributed by atoms with van der Waals surface area (Å²) in [5.74, 6) is 1.21. The number of benzene rings is 2. The lowest BCUT2D eigenvalue weighted by atomic mass is 10.2. The Morgan fingerprint density at radius 2 is 1.79 bits per heavy atom. The lowest BCUT2D eigenvalue weighted by molar-refractivity contribution is 0.306. The van der Waals surface area contributed by atoms with Crippen LogP contribution in [0.5, 0.6) is 5.75 Å². The maximum Gasteiger partial charge on any atom is 0.192 e. The van der Waals surface area contributed by atoms with E-state index in [9.17, 15) is 0 Å². The summed E-state index contributed by atoms with van der Waals surface area (Å²) in [5, 5.41) is 2.96. The van der Waals surface area contributed by atoms with Gasteiger partial charge in [0.2, 0.25) is 0 Å². The summed E-state index contributed by atoms with van der Waals surface area (Å²) in [6.45, 7) is 0.562. The molecule has 0 amide bonds. The lowest BCUT2D eigenvalue weighted by Crippen LogP contribution is -2.21. The van der Waals surface area contributed by atoms with Crippen molar-refractivity contribution in [3.8, 4) is 5.75 Å². The molecular weight excluding hydrogens is 238 g/mol. The van der Waals surface area contributed by atoms with Gasteiger partial charge in [0.15, 0.2) is 5.96 Å². The smallest absolute Gasteiger partial charge is 0.192 e. The van der Waals surface area contributed by atoms with Crippen LogP contribution in [0.15, 0.2) is 59.6 Å². The fraction of sp³-hybridized carbons (Fsp3) is 0.133. The average molecular weight is 255 g/mol. The number of nitrogens with two attached hydrogens (primary N) is 1. The molecule has 3 N–H and O–H groups in total. The van der Waals surface area contributed by atoms with Crippen molar-refractivity contribution < 1.29 is 4.74 Å². The third-order valence-electron chi connectivity index (χ3n) is 2.62. The highest BCUT2D eigenvalue weighted by Gasteiger charge is 1.97. The van der Waals surface area contributed by atoms with Gasteiger partial charge >= 0.3 is 0 Å².